The fraction of sp³-hybridized carbons (Fsp3) is 0.333. The Balaban J connectivity index is 2.08. The topological polar surface area (TPSA) is 96.6 Å². The molecule has 2 aromatic rings. The molecule has 1 unspecified atom stereocenters. The number of anilines is 1. The number of hydrogen-bond acceptors (Lipinski definition) is 5. The van der Waals surface area contributed by atoms with Crippen molar-refractivity contribution in [2.45, 2.75) is 12.8 Å². The molecule has 22 heavy (non-hydrogen) atoms. The number of nitrogens with zero attached hydrogens (tertiary/aromatic N) is 3. The highest BCUT2D eigenvalue weighted by Crippen LogP contribution is 2.36. The SMILES string of the molecule is O=C(O)C1CCCN(c2ccc3ncccc3c2[N+](=O)[O-])C1. The van der Waals surface area contributed by atoms with Gasteiger partial charge in [0, 0.05) is 19.3 Å². The molecule has 0 aliphatic carbocycles. The van der Waals surface area contributed by atoms with Crippen LogP contribution in [0.5, 0.6) is 0 Å². The van der Waals surface area contributed by atoms with Crippen molar-refractivity contribution >= 4 is 28.2 Å². The number of rotatable bonds is 3. The lowest BCUT2D eigenvalue weighted by Crippen LogP contribution is -2.39. The summed E-state index contributed by atoms with van der Waals surface area (Å²) in [6, 6.07) is 6.73. The van der Waals surface area contributed by atoms with Crippen LogP contribution in [-0.2, 0) is 4.79 Å². The summed E-state index contributed by atoms with van der Waals surface area (Å²) < 4.78 is 0. The van der Waals surface area contributed by atoms with Crippen LogP contribution in [0.3, 0.4) is 0 Å². The number of hydrogen-bond donors (Lipinski definition) is 1. The van der Waals surface area contributed by atoms with Crippen LogP contribution >= 0.6 is 0 Å². The summed E-state index contributed by atoms with van der Waals surface area (Å²) in [7, 11) is 0. The zero-order valence-corrected chi connectivity index (χ0v) is 11.8. The standard InChI is InChI=1S/C15H15N3O4/c19-15(20)10-3-2-8-17(9-10)13-6-5-12-11(4-1-7-16-12)14(13)18(21)22/h1,4-7,10H,2-3,8-9H2,(H,19,20). The molecule has 0 bridgehead atoms. The molecular formula is C15H15N3O4. The molecule has 3 rings (SSSR count). The third kappa shape index (κ3) is 2.45. The highest BCUT2D eigenvalue weighted by Gasteiger charge is 2.30. The molecule has 1 saturated heterocycles. The van der Waals surface area contributed by atoms with Gasteiger partial charge in [-0.05, 0) is 37.1 Å². The van der Waals surface area contributed by atoms with Crippen molar-refractivity contribution in [2.24, 2.45) is 5.92 Å². The van der Waals surface area contributed by atoms with E-state index in [0.29, 0.717) is 42.5 Å². The number of carboxylic acid groups (broad SMARTS) is 1. The van der Waals surface area contributed by atoms with E-state index in [9.17, 15) is 20.0 Å². The van der Waals surface area contributed by atoms with Gasteiger partial charge in [-0.1, -0.05) is 0 Å². The summed E-state index contributed by atoms with van der Waals surface area (Å²) in [4.78, 5) is 28.2. The molecule has 1 N–H and O–H groups in total. The number of benzene rings is 1. The minimum Gasteiger partial charge on any atom is -0.481 e. The van der Waals surface area contributed by atoms with Crippen molar-refractivity contribution < 1.29 is 14.8 Å². The Morgan fingerprint density at radius 1 is 1.41 bits per heavy atom. The Labute approximate surface area is 126 Å². The summed E-state index contributed by atoms with van der Waals surface area (Å²) in [5.74, 6) is -1.34. The van der Waals surface area contributed by atoms with E-state index < -0.39 is 16.8 Å². The number of nitro benzene ring substituents is 1. The smallest absolute Gasteiger partial charge is 0.308 e. The number of fused-ring (bicyclic) bond motifs is 1. The second kappa shape index (κ2) is 5.59. The molecule has 1 aliphatic rings. The largest absolute Gasteiger partial charge is 0.481 e. The van der Waals surface area contributed by atoms with Gasteiger partial charge in [0.05, 0.1) is 21.7 Å². The lowest BCUT2D eigenvalue weighted by molar-refractivity contribution is -0.382. The molecule has 114 valence electrons. The van der Waals surface area contributed by atoms with Crippen molar-refractivity contribution in [3.63, 3.8) is 0 Å². The third-order valence-corrected chi connectivity index (χ3v) is 4.03. The van der Waals surface area contributed by atoms with Crippen molar-refractivity contribution in [3.8, 4) is 0 Å². The average Bonchev–Trinajstić information content (AvgIpc) is 2.53. The molecule has 0 radical (unpaired) electrons. The summed E-state index contributed by atoms with van der Waals surface area (Å²) in [6.45, 7) is 0.915. The molecular weight excluding hydrogens is 286 g/mol. The van der Waals surface area contributed by atoms with E-state index in [4.69, 9.17) is 0 Å². The Bertz CT molecular complexity index is 747. The molecule has 0 amide bonds. The second-order valence-electron chi connectivity index (χ2n) is 5.38. The van der Waals surface area contributed by atoms with E-state index in [1.165, 1.54) is 0 Å². The molecule has 1 aromatic carbocycles. The Kier molecular flexibility index (Phi) is 3.62. The predicted molar refractivity (Wildman–Crippen MR) is 81.0 cm³/mol. The maximum Gasteiger partial charge on any atom is 0.308 e. The minimum absolute atomic E-state index is 0.00311. The van der Waals surface area contributed by atoms with Crippen LogP contribution in [0, 0.1) is 16.0 Å². The lowest BCUT2D eigenvalue weighted by Gasteiger charge is -2.32. The zero-order chi connectivity index (χ0) is 15.7. The molecule has 1 fully saturated rings. The van der Waals surface area contributed by atoms with Crippen LogP contribution in [0.25, 0.3) is 10.9 Å². The molecule has 7 nitrogen and oxygen atoms in total. The molecule has 1 atom stereocenters. The third-order valence-electron chi connectivity index (χ3n) is 4.03. The number of carbonyl (C=O) groups is 1. The van der Waals surface area contributed by atoms with Gasteiger partial charge in [0.15, 0.2) is 0 Å². The fourth-order valence-electron chi connectivity index (χ4n) is 2.97. The van der Waals surface area contributed by atoms with Crippen LogP contribution in [0.1, 0.15) is 12.8 Å². The number of aromatic nitrogens is 1. The quantitative estimate of drug-likeness (QED) is 0.691. The number of aliphatic carboxylic acids is 1. The Hall–Kier alpha value is -2.70. The van der Waals surface area contributed by atoms with Crippen LogP contribution in [-0.4, -0.2) is 34.1 Å². The minimum atomic E-state index is -0.852. The molecule has 7 heteroatoms. The molecule has 2 heterocycles. The second-order valence-corrected chi connectivity index (χ2v) is 5.38. The van der Waals surface area contributed by atoms with Gasteiger partial charge in [-0.15, -0.1) is 0 Å². The van der Waals surface area contributed by atoms with E-state index in [2.05, 4.69) is 4.98 Å². The molecule has 1 aromatic heterocycles. The van der Waals surface area contributed by atoms with Crippen LogP contribution in [0.2, 0.25) is 0 Å². The van der Waals surface area contributed by atoms with E-state index in [-0.39, 0.29) is 5.69 Å². The van der Waals surface area contributed by atoms with Crippen molar-refractivity contribution in [1.29, 1.82) is 0 Å². The highest BCUT2D eigenvalue weighted by molar-refractivity contribution is 5.94. The van der Waals surface area contributed by atoms with E-state index in [0.717, 1.165) is 0 Å². The van der Waals surface area contributed by atoms with Crippen molar-refractivity contribution in [2.75, 3.05) is 18.0 Å². The normalized spacial score (nSPS) is 18.4. The fourth-order valence-corrected chi connectivity index (χ4v) is 2.97. The molecule has 0 saturated carbocycles. The number of pyridine rings is 1. The van der Waals surface area contributed by atoms with Gasteiger partial charge in [0.25, 0.3) is 0 Å². The van der Waals surface area contributed by atoms with Crippen LogP contribution in [0.15, 0.2) is 30.5 Å². The van der Waals surface area contributed by atoms with Crippen molar-refractivity contribution in [1.82, 2.24) is 4.98 Å². The van der Waals surface area contributed by atoms with Crippen LogP contribution in [0.4, 0.5) is 11.4 Å². The van der Waals surface area contributed by atoms with Crippen molar-refractivity contribution in [3.05, 3.63) is 40.6 Å². The van der Waals surface area contributed by atoms with Crippen LogP contribution < -0.4 is 4.90 Å². The van der Waals surface area contributed by atoms with Gasteiger partial charge >= 0.3 is 11.7 Å². The number of carboxylic acids is 1. The summed E-state index contributed by atoms with van der Waals surface area (Å²) in [5, 5.41) is 21.2. The van der Waals surface area contributed by atoms with Gasteiger partial charge in [-0.2, -0.15) is 0 Å². The average molecular weight is 301 g/mol. The molecule has 1 aliphatic heterocycles. The number of piperidine rings is 1. The first-order chi connectivity index (χ1) is 10.6. The predicted octanol–water partition coefficient (Wildman–Crippen LogP) is 2.44. The van der Waals surface area contributed by atoms with Gasteiger partial charge < -0.3 is 10.0 Å². The Morgan fingerprint density at radius 2 is 2.23 bits per heavy atom. The highest BCUT2D eigenvalue weighted by atomic mass is 16.6. The first-order valence-corrected chi connectivity index (χ1v) is 7.08. The Morgan fingerprint density at radius 3 is 2.95 bits per heavy atom. The van der Waals surface area contributed by atoms with E-state index in [1.807, 2.05) is 0 Å². The van der Waals surface area contributed by atoms with Gasteiger partial charge in [-0.25, -0.2) is 0 Å². The zero-order valence-electron chi connectivity index (χ0n) is 11.8. The first kappa shape index (κ1) is 14.2. The van der Waals surface area contributed by atoms with E-state index in [1.54, 1.807) is 35.4 Å². The van der Waals surface area contributed by atoms with Gasteiger partial charge in [0.1, 0.15) is 5.69 Å². The summed E-state index contributed by atoms with van der Waals surface area (Å²) in [5.41, 5.74) is 1.03. The first-order valence-electron chi connectivity index (χ1n) is 7.08. The summed E-state index contributed by atoms with van der Waals surface area (Å²) in [6.07, 6.45) is 2.90. The van der Waals surface area contributed by atoms with Gasteiger partial charge in [-0.3, -0.25) is 19.9 Å². The maximum atomic E-state index is 11.5. The monoisotopic (exact) mass is 301 g/mol. The molecule has 0 spiro atoms. The van der Waals surface area contributed by atoms with E-state index >= 15 is 0 Å². The maximum absolute atomic E-state index is 11.5. The lowest BCUT2D eigenvalue weighted by atomic mass is 9.97. The number of nitro groups is 1. The summed E-state index contributed by atoms with van der Waals surface area (Å²) >= 11 is 0. The van der Waals surface area contributed by atoms with Gasteiger partial charge in [0.2, 0.25) is 0 Å².